The normalized spacial score (nSPS) is 13.7. The smallest absolute Gasteiger partial charge is 0.334 e. The molecule has 0 aliphatic carbocycles. The van der Waals surface area contributed by atoms with Gasteiger partial charge in [0.1, 0.15) is 5.60 Å². The van der Waals surface area contributed by atoms with Crippen LogP contribution in [0.15, 0.2) is 60.7 Å². The first-order chi connectivity index (χ1) is 11.8. The van der Waals surface area contributed by atoms with Crippen LogP contribution in [0.5, 0.6) is 0 Å². The molecule has 1 atom stereocenters. The molecule has 4 nitrogen and oxygen atoms in total. The van der Waals surface area contributed by atoms with E-state index in [0.29, 0.717) is 12.8 Å². The Morgan fingerprint density at radius 2 is 1.48 bits per heavy atom. The third-order valence-corrected chi connectivity index (χ3v) is 3.74. The zero-order chi connectivity index (χ0) is 18.3. The van der Waals surface area contributed by atoms with Crippen molar-refractivity contribution in [2.45, 2.75) is 44.9 Å². The zero-order valence-corrected chi connectivity index (χ0v) is 15.0. The van der Waals surface area contributed by atoms with Crippen molar-refractivity contribution >= 4 is 12.3 Å². The Morgan fingerprint density at radius 3 is 1.96 bits per heavy atom. The average Bonchev–Trinajstić information content (AvgIpc) is 2.59. The first kappa shape index (κ1) is 18.9. The lowest BCUT2D eigenvalue weighted by molar-refractivity contribution is -0.163. The van der Waals surface area contributed by atoms with Crippen LogP contribution in [-0.4, -0.2) is 23.4 Å². The Kier molecular flexibility index (Phi) is 6.10. The van der Waals surface area contributed by atoms with E-state index in [1.54, 1.807) is 20.8 Å². The molecule has 0 fully saturated rings. The molecule has 0 unspecified atom stereocenters. The van der Waals surface area contributed by atoms with Crippen molar-refractivity contribution in [1.82, 2.24) is 5.32 Å². The largest absolute Gasteiger partial charge is 0.458 e. The zero-order valence-electron chi connectivity index (χ0n) is 15.0. The highest BCUT2D eigenvalue weighted by Gasteiger charge is 2.41. The molecule has 0 heterocycles. The van der Waals surface area contributed by atoms with E-state index >= 15 is 0 Å². The Labute approximate surface area is 149 Å². The second kappa shape index (κ2) is 8.08. The predicted octanol–water partition coefficient (Wildman–Crippen LogP) is 3.30. The number of ether oxygens (including phenoxy) is 1. The van der Waals surface area contributed by atoms with E-state index in [4.69, 9.17) is 4.74 Å². The molecule has 132 valence electrons. The molecule has 0 bridgehead atoms. The molecule has 0 amide bonds. The van der Waals surface area contributed by atoms with E-state index in [2.05, 4.69) is 5.32 Å². The van der Waals surface area contributed by atoms with Gasteiger partial charge in [-0.2, -0.15) is 0 Å². The minimum atomic E-state index is -1.43. The monoisotopic (exact) mass is 339 g/mol. The van der Waals surface area contributed by atoms with Crippen molar-refractivity contribution < 1.29 is 14.3 Å². The summed E-state index contributed by atoms with van der Waals surface area (Å²) in [6.07, 6.45) is 0.899. The summed E-state index contributed by atoms with van der Waals surface area (Å²) in [4.78, 5) is 24.8. The number of benzene rings is 2. The summed E-state index contributed by atoms with van der Waals surface area (Å²) >= 11 is 0. The van der Waals surface area contributed by atoms with Crippen LogP contribution in [0.25, 0.3) is 0 Å². The lowest BCUT2D eigenvalue weighted by Gasteiger charge is -2.31. The van der Waals surface area contributed by atoms with Crippen molar-refractivity contribution in [2.75, 3.05) is 0 Å². The third-order valence-electron chi connectivity index (χ3n) is 3.74. The van der Waals surface area contributed by atoms with Gasteiger partial charge >= 0.3 is 5.97 Å². The van der Waals surface area contributed by atoms with Crippen molar-refractivity contribution in [3.63, 3.8) is 0 Å². The summed E-state index contributed by atoms with van der Waals surface area (Å²) in [7, 11) is 0. The molecule has 0 spiro atoms. The number of rotatable bonds is 7. The highest BCUT2D eigenvalue weighted by atomic mass is 16.6. The Morgan fingerprint density at radius 1 is 0.960 bits per heavy atom. The van der Waals surface area contributed by atoms with Crippen LogP contribution in [0.4, 0.5) is 0 Å². The van der Waals surface area contributed by atoms with Gasteiger partial charge in [0.05, 0.1) is 0 Å². The number of carbonyl (C=O) groups is 2. The van der Waals surface area contributed by atoms with Gasteiger partial charge in [-0.3, -0.25) is 5.32 Å². The molecule has 0 radical (unpaired) electrons. The summed E-state index contributed by atoms with van der Waals surface area (Å²) < 4.78 is 5.52. The quantitative estimate of drug-likeness (QED) is 0.478. The maximum atomic E-state index is 12.8. The first-order valence-electron chi connectivity index (χ1n) is 8.37. The third kappa shape index (κ3) is 5.54. The highest BCUT2D eigenvalue weighted by Crippen LogP contribution is 2.19. The minimum Gasteiger partial charge on any atom is -0.458 e. The Balaban J connectivity index is 2.27. The Hall–Kier alpha value is -2.46. The average molecular weight is 339 g/mol. The molecule has 0 saturated carbocycles. The molecule has 25 heavy (non-hydrogen) atoms. The van der Waals surface area contributed by atoms with Gasteiger partial charge in [0.2, 0.25) is 0 Å². The van der Waals surface area contributed by atoms with Crippen LogP contribution < -0.4 is 5.32 Å². The van der Waals surface area contributed by atoms with Gasteiger partial charge < -0.3 is 9.53 Å². The molecule has 2 rings (SSSR count). The second-order valence-corrected chi connectivity index (χ2v) is 7.09. The Bertz CT molecular complexity index is 692. The van der Waals surface area contributed by atoms with Crippen molar-refractivity contribution in [3.05, 3.63) is 71.8 Å². The molecule has 0 saturated heterocycles. The standard InChI is InChI=1S/C21H25NO3/c1-20(2,3)25-19(24)21(16-23,14-17-10-6-4-7-11-17)22-15-18-12-8-5-9-13-18/h4-13,16,22H,14-15H2,1-3H3/t21-/m0/s1. The fourth-order valence-electron chi connectivity index (χ4n) is 2.48. The van der Waals surface area contributed by atoms with Gasteiger partial charge in [0.15, 0.2) is 11.8 Å². The van der Waals surface area contributed by atoms with E-state index in [1.807, 2.05) is 60.7 Å². The van der Waals surface area contributed by atoms with E-state index in [-0.39, 0.29) is 6.42 Å². The number of hydrogen-bond donors (Lipinski definition) is 1. The van der Waals surface area contributed by atoms with Crippen LogP contribution >= 0.6 is 0 Å². The van der Waals surface area contributed by atoms with Gasteiger partial charge in [-0.25, -0.2) is 4.79 Å². The number of aldehydes is 1. The van der Waals surface area contributed by atoms with Crippen molar-refractivity contribution in [3.8, 4) is 0 Å². The SMILES string of the molecule is CC(C)(C)OC(=O)[C@@](C=O)(Cc1ccccc1)NCc1ccccc1. The highest BCUT2D eigenvalue weighted by molar-refractivity contribution is 5.98. The molecule has 2 aromatic carbocycles. The van der Waals surface area contributed by atoms with Gasteiger partial charge in [0, 0.05) is 13.0 Å². The molecule has 4 heteroatoms. The molecular formula is C21H25NO3. The second-order valence-electron chi connectivity index (χ2n) is 7.09. The topological polar surface area (TPSA) is 55.4 Å². The van der Waals surface area contributed by atoms with Gasteiger partial charge in [-0.15, -0.1) is 0 Å². The number of carbonyl (C=O) groups excluding carboxylic acids is 2. The molecule has 0 aliphatic rings. The first-order valence-corrected chi connectivity index (χ1v) is 8.37. The molecule has 1 N–H and O–H groups in total. The van der Waals surface area contributed by atoms with E-state index in [1.165, 1.54) is 0 Å². The molecule has 0 aliphatic heterocycles. The van der Waals surface area contributed by atoms with E-state index in [9.17, 15) is 9.59 Å². The summed E-state index contributed by atoms with van der Waals surface area (Å²) in [6.45, 7) is 5.77. The maximum absolute atomic E-state index is 12.8. The predicted molar refractivity (Wildman–Crippen MR) is 98.1 cm³/mol. The lowest BCUT2D eigenvalue weighted by atomic mass is 9.91. The van der Waals surface area contributed by atoms with Crippen LogP contribution in [-0.2, 0) is 27.3 Å². The van der Waals surface area contributed by atoms with Crippen LogP contribution in [0.3, 0.4) is 0 Å². The summed E-state index contributed by atoms with van der Waals surface area (Å²) in [6, 6.07) is 19.1. The molecule has 2 aromatic rings. The molecule has 0 aromatic heterocycles. The lowest BCUT2D eigenvalue weighted by Crippen LogP contribution is -2.57. The summed E-state index contributed by atoms with van der Waals surface area (Å²) in [5.41, 5.74) is -0.215. The number of esters is 1. The summed E-state index contributed by atoms with van der Waals surface area (Å²) in [5, 5.41) is 3.13. The fourth-order valence-corrected chi connectivity index (χ4v) is 2.48. The van der Waals surface area contributed by atoms with Gasteiger partial charge in [-0.05, 0) is 31.9 Å². The molecular weight excluding hydrogens is 314 g/mol. The van der Waals surface area contributed by atoms with E-state index in [0.717, 1.165) is 11.1 Å². The maximum Gasteiger partial charge on any atom is 0.334 e. The minimum absolute atomic E-state index is 0.235. The van der Waals surface area contributed by atoms with Crippen LogP contribution in [0.1, 0.15) is 31.9 Å². The van der Waals surface area contributed by atoms with Crippen LogP contribution in [0, 0.1) is 0 Å². The summed E-state index contributed by atoms with van der Waals surface area (Å²) in [5.74, 6) is -0.560. The fraction of sp³-hybridized carbons (Fsp3) is 0.333. The van der Waals surface area contributed by atoms with Crippen molar-refractivity contribution in [2.24, 2.45) is 0 Å². The number of hydrogen-bond acceptors (Lipinski definition) is 4. The van der Waals surface area contributed by atoms with Crippen molar-refractivity contribution in [1.29, 1.82) is 0 Å². The van der Waals surface area contributed by atoms with Gasteiger partial charge in [-0.1, -0.05) is 60.7 Å². The van der Waals surface area contributed by atoms with Gasteiger partial charge in [0.25, 0.3) is 0 Å². The van der Waals surface area contributed by atoms with Crippen LogP contribution in [0.2, 0.25) is 0 Å². The number of nitrogens with one attached hydrogen (secondary N) is 1. The van der Waals surface area contributed by atoms with E-state index < -0.39 is 17.1 Å².